The van der Waals surface area contributed by atoms with Crippen molar-refractivity contribution in [1.29, 1.82) is 0 Å². The molecule has 20 heavy (non-hydrogen) atoms. The first kappa shape index (κ1) is 12.3. The topological polar surface area (TPSA) is 65.2 Å². The molecule has 0 aliphatic heterocycles. The van der Waals surface area contributed by atoms with E-state index >= 15 is 0 Å². The standard InChI is InChI=1S/C15H12N2O3/c1-2-19-15(18)13-8-14(20-17-13)11-7-10-5-3-4-6-12(10)16-9-11/h3-9H,2H2,1H3. The summed E-state index contributed by atoms with van der Waals surface area (Å²) in [4.78, 5) is 15.9. The molecule has 0 aliphatic carbocycles. The van der Waals surface area contributed by atoms with Crippen molar-refractivity contribution in [3.8, 4) is 11.3 Å². The van der Waals surface area contributed by atoms with E-state index in [9.17, 15) is 4.79 Å². The van der Waals surface area contributed by atoms with Crippen LogP contribution in [0.25, 0.3) is 22.2 Å². The second kappa shape index (κ2) is 5.13. The van der Waals surface area contributed by atoms with E-state index in [0.29, 0.717) is 12.4 Å². The molecule has 3 rings (SSSR count). The molecule has 0 amide bonds. The van der Waals surface area contributed by atoms with Crippen LogP contribution < -0.4 is 0 Å². The predicted octanol–water partition coefficient (Wildman–Crippen LogP) is 3.07. The number of rotatable bonds is 3. The summed E-state index contributed by atoms with van der Waals surface area (Å²) in [6.45, 7) is 2.05. The van der Waals surface area contributed by atoms with Crippen LogP contribution >= 0.6 is 0 Å². The highest BCUT2D eigenvalue weighted by Gasteiger charge is 2.14. The number of nitrogens with zero attached hydrogens (tertiary/aromatic N) is 2. The monoisotopic (exact) mass is 268 g/mol. The third-order valence-electron chi connectivity index (χ3n) is 2.87. The molecule has 5 heteroatoms. The van der Waals surface area contributed by atoms with Crippen LogP contribution in [0.2, 0.25) is 0 Å². The van der Waals surface area contributed by atoms with Gasteiger partial charge in [0.15, 0.2) is 11.5 Å². The molecule has 100 valence electrons. The zero-order valence-electron chi connectivity index (χ0n) is 10.9. The molecular formula is C15H12N2O3. The second-order valence-corrected chi connectivity index (χ2v) is 4.21. The van der Waals surface area contributed by atoms with Gasteiger partial charge in [-0.05, 0) is 19.1 Å². The molecule has 0 unspecified atom stereocenters. The van der Waals surface area contributed by atoms with E-state index in [4.69, 9.17) is 9.26 Å². The summed E-state index contributed by atoms with van der Waals surface area (Å²) in [5.74, 6) is 0.00237. The van der Waals surface area contributed by atoms with Crippen LogP contribution in [-0.4, -0.2) is 22.7 Å². The molecule has 0 saturated heterocycles. The van der Waals surface area contributed by atoms with Crippen molar-refractivity contribution in [3.63, 3.8) is 0 Å². The van der Waals surface area contributed by atoms with Crippen molar-refractivity contribution in [1.82, 2.24) is 10.1 Å². The molecule has 3 aromatic rings. The van der Waals surface area contributed by atoms with Gasteiger partial charge in [0.25, 0.3) is 0 Å². The number of benzene rings is 1. The Morgan fingerprint density at radius 3 is 3.00 bits per heavy atom. The molecule has 0 saturated carbocycles. The molecule has 0 radical (unpaired) electrons. The van der Waals surface area contributed by atoms with Gasteiger partial charge < -0.3 is 9.26 Å². The predicted molar refractivity (Wildman–Crippen MR) is 73.2 cm³/mol. The lowest BCUT2D eigenvalue weighted by atomic mass is 10.1. The van der Waals surface area contributed by atoms with Gasteiger partial charge in [-0.3, -0.25) is 4.98 Å². The maximum atomic E-state index is 11.5. The van der Waals surface area contributed by atoms with Crippen molar-refractivity contribution in [3.05, 3.63) is 48.3 Å². The van der Waals surface area contributed by atoms with Crippen LogP contribution in [-0.2, 0) is 4.74 Å². The average Bonchev–Trinajstić information content (AvgIpc) is 2.97. The number of hydrogen-bond acceptors (Lipinski definition) is 5. The van der Waals surface area contributed by atoms with Crippen LogP contribution in [0.15, 0.2) is 47.1 Å². The minimum atomic E-state index is -0.490. The molecule has 0 spiro atoms. The fourth-order valence-electron chi connectivity index (χ4n) is 1.92. The molecule has 2 heterocycles. The van der Waals surface area contributed by atoms with Crippen molar-refractivity contribution >= 4 is 16.9 Å². The van der Waals surface area contributed by atoms with E-state index in [-0.39, 0.29) is 5.69 Å². The van der Waals surface area contributed by atoms with E-state index in [1.165, 1.54) is 0 Å². The lowest BCUT2D eigenvalue weighted by molar-refractivity contribution is 0.0514. The highest BCUT2D eigenvalue weighted by molar-refractivity contribution is 5.89. The van der Waals surface area contributed by atoms with Gasteiger partial charge in [-0.15, -0.1) is 0 Å². The summed E-state index contributed by atoms with van der Waals surface area (Å²) < 4.78 is 10.0. The summed E-state index contributed by atoms with van der Waals surface area (Å²) in [6.07, 6.45) is 1.69. The zero-order chi connectivity index (χ0) is 13.9. The minimum absolute atomic E-state index is 0.162. The summed E-state index contributed by atoms with van der Waals surface area (Å²) >= 11 is 0. The van der Waals surface area contributed by atoms with Crippen molar-refractivity contribution in [2.24, 2.45) is 0 Å². The largest absolute Gasteiger partial charge is 0.461 e. The number of para-hydroxylation sites is 1. The van der Waals surface area contributed by atoms with E-state index in [1.807, 2.05) is 30.3 Å². The molecular weight excluding hydrogens is 256 g/mol. The summed E-state index contributed by atoms with van der Waals surface area (Å²) in [5.41, 5.74) is 1.84. The van der Waals surface area contributed by atoms with Gasteiger partial charge in [-0.1, -0.05) is 23.4 Å². The number of pyridine rings is 1. The third-order valence-corrected chi connectivity index (χ3v) is 2.87. The quantitative estimate of drug-likeness (QED) is 0.683. The third kappa shape index (κ3) is 2.25. The second-order valence-electron chi connectivity index (χ2n) is 4.21. The first-order chi connectivity index (χ1) is 9.78. The van der Waals surface area contributed by atoms with Gasteiger partial charge in [0.2, 0.25) is 0 Å². The Labute approximate surface area is 115 Å². The molecule has 0 fully saturated rings. The SMILES string of the molecule is CCOC(=O)c1cc(-c2cnc3ccccc3c2)on1. The lowest BCUT2D eigenvalue weighted by Crippen LogP contribution is -2.04. The van der Waals surface area contributed by atoms with Crippen molar-refractivity contribution in [2.45, 2.75) is 6.92 Å². The van der Waals surface area contributed by atoms with Crippen LogP contribution in [0.5, 0.6) is 0 Å². The fraction of sp³-hybridized carbons (Fsp3) is 0.133. The van der Waals surface area contributed by atoms with Crippen molar-refractivity contribution in [2.75, 3.05) is 6.61 Å². The van der Waals surface area contributed by atoms with Crippen LogP contribution in [0, 0.1) is 0 Å². The number of hydrogen-bond donors (Lipinski definition) is 0. The Kier molecular flexibility index (Phi) is 3.16. The van der Waals surface area contributed by atoms with Gasteiger partial charge in [0.1, 0.15) is 0 Å². The Hall–Kier alpha value is -2.69. The van der Waals surface area contributed by atoms with Gasteiger partial charge in [-0.25, -0.2) is 4.79 Å². The number of carbonyl (C=O) groups is 1. The molecule has 1 aromatic carbocycles. The summed E-state index contributed by atoms with van der Waals surface area (Å²) in [6, 6.07) is 11.3. The molecule has 0 aliphatic rings. The minimum Gasteiger partial charge on any atom is -0.461 e. The maximum Gasteiger partial charge on any atom is 0.360 e. The Morgan fingerprint density at radius 2 is 2.15 bits per heavy atom. The van der Waals surface area contributed by atoms with E-state index in [2.05, 4.69) is 10.1 Å². The first-order valence-electron chi connectivity index (χ1n) is 6.27. The van der Waals surface area contributed by atoms with E-state index in [1.54, 1.807) is 19.2 Å². The zero-order valence-corrected chi connectivity index (χ0v) is 10.9. The van der Waals surface area contributed by atoms with Gasteiger partial charge in [0.05, 0.1) is 12.1 Å². The van der Waals surface area contributed by atoms with Gasteiger partial charge in [0, 0.05) is 23.2 Å². The van der Waals surface area contributed by atoms with Gasteiger partial charge in [-0.2, -0.15) is 0 Å². The average molecular weight is 268 g/mol. The van der Waals surface area contributed by atoms with Crippen LogP contribution in [0.4, 0.5) is 0 Å². The fourth-order valence-corrected chi connectivity index (χ4v) is 1.92. The number of esters is 1. The molecule has 0 N–H and O–H groups in total. The smallest absolute Gasteiger partial charge is 0.360 e. The molecule has 5 nitrogen and oxygen atoms in total. The van der Waals surface area contributed by atoms with E-state index in [0.717, 1.165) is 16.5 Å². The van der Waals surface area contributed by atoms with Crippen molar-refractivity contribution < 1.29 is 14.1 Å². The van der Waals surface area contributed by atoms with Crippen LogP contribution in [0.3, 0.4) is 0 Å². The lowest BCUT2D eigenvalue weighted by Gasteiger charge is -1.98. The Balaban J connectivity index is 1.96. The molecule has 2 aromatic heterocycles. The van der Waals surface area contributed by atoms with Crippen LogP contribution in [0.1, 0.15) is 17.4 Å². The number of aromatic nitrogens is 2. The number of fused-ring (bicyclic) bond motifs is 1. The first-order valence-corrected chi connectivity index (χ1v) is 6.27. The number of ether oxygens (including phenoxy) is 1. The highest BCUT2D eigenvalue weighted by Crippen LogP contribution is 2.23. The Bertz CT molecular complexity index is 764. The number of carbonyl (C=O) groups excluding carboxylic acids is 1. The molecule has 0 atom stereocenters. The normalized spacial score (nSPS) is 10.7. The highest BCUT2D eigenvalue weighted by atomic mass is 16.5. The maximum absolute atomic E-state index is 11.5. The van der Waals surface area contributed by atoms with E-state index < -0.39 is 5.97 Å². The van der Waals surface area contributed by atoms with Gasteiger partial charge >= 0.3 is 5.97 Å². The summed E-state index contributed by atoms with van der Waals surface area (Å²) in [5, 5.41) is 4.71. The Morgan fingerprint density at radius 1 is 1.30 bits per heavy atom. The molecule has 0 bridgehead atoms. The summed E-state index contributed by atoms with van der Waals surface area (Å²) in [7, 11) is 0.